The zero-order valence-corrected chi connectivity index (χ0v) is 25.8. The van der Waals surface area contributed by atoms with Crippen molar-refractivity contribution < 1.29 is 0 Å². The standard InChI is InChI=1S/C43H27N5/c1-4-11-28(12-5-1)34-26-36(30-13-6-2-7-14-30)43-45-42(46-47(43)27-34)32-21-19-29(20-22-32)33-23-24-35-37(25-33)41-40(31-15-8-3-9-16-31)44-39-18-10-17-38(35)48(39)41/h1-27H. The summed E-state index contributed by atoms with van der Waals surface area (Å²) in [5.74, 6) is 0.697. The third-order valence-electron chi connectivity index (χ3n) is 9.34. The van der Waals surface area contributed by atoms with Gasteiger partial charge >= 0.3 is 0 Å². The van der Waals surface area contributed by atoms with Crippen LogP contribution in [0.25, 0.3) is 89.1 Å². The van der Waals surface area contributed by atoms with E-state index in [4.69, 9.17) is 15.1 Å². The SMILES string of the molecule is c1ccc(-c2cc(-c3ccccc3)c3nc(-c4ccc(-c5ccc6c(c5)c5c(-c7ccccc7)nc7cccc6n75)cc4)nn3c2)cc1. The Morgan fingerprint density at radius 3 is 1.83 bits per heavy atom. The molecule has 0 aliphatic rings. The summed E-state index contributed by atoms with van der Waals surface area (Å²) in [5, 5.41) is 7.41. The second-order valence-electron chi connectivity index (χ2n) is 12.2. The van der Waals surface area contributed by atoms with Crippen molar-refractivity contribution in [1.29, 1.82) is 0 Å². The maximum absolute atomic E-state index is 5.06. The van der Waals surface area contributed by atoms with Gasteiger partial charge in [0, 0.05) is 39.2 Å². The van der Waals surface area contributed by atoms with E-state index >= 15 is 0 Å². The molecule has 0 atom stereocenters. The third kappa shape index (κ3) is 4.15. The van der Waals surface area contributed by atoms with Crippen molar-refractivity contribution in [1.82, 2.24) is 24.0 Å². The first kappa shape index (κ1) is 26.6. The zero-order valence-electron chi connectivity index (χ0n) is 25.8. The monoisotopic (exact) mass is 613 g/mol. The molecule has 0 fully saturated rings. The molecule has 0 saturated carbocycles. The van der Waals surface area contributed by atoms with E-state index in [1.165, 1.54) is 16.3 Å². The summed E-state index contributed by atoms with van der Waals surface area (Å²) >= 11 is 0. The molecule has 10 rings (SSSR count). The van der Waals surface area contributed by atoms with Crippen LogP contribution in [0.4, 0.5) is 0 Å². The van der Waals surface area contributed by atoms with Gasteiger partial charge in [0.2, 0.25) is 0 Å². The van der Waals surface area contributed by atoms with E-state index < -0.39 is 0 Å². The molecule has 5 nitrogen and oxygen atoms in total. The molecule has 0 bridgehead atoms. The van der Waals surface area contributed by atoms with Crippen molar-refractivity contribution in [2.75, 3.05) is 0 Å². The van der Waals surface area contributed by atoms with Crippen molar-refractivity contribution in [2.45, 2.75) is 0 Å². The summed E-state index contributed by atoms with van der Waals surface area (Å²) in [4.78, 5) is 10.1. The predicted octanol–water partition coefficient (Wildman–Crippen LogP) is 10.5. The molecule has 0 saturated heterocycles. The minimum Gasteiger partial charge on any atom is -0.292 e. The second-order valence-corrected chi connectivity index (χ2v) is 12.2. The lowest BCUT2D eigenvalue weighted by molar-refractivity contribution is 0.968. The van der Waals surface area contributed by atoms with E-state index in [2.05, 4.69) is 150 Å². The van der Waals surface area contributed by atoms with Crippen molar-refractivity contribution in [2.24, 2.45) is 0 Å². The van der Waals surface area contributed by atoms with E-state index in [0.717, 1.165) is 67.0 Å². The second kappa shape index (κ2) is 10.5. The number of aromatic nitrogens is 5. The number of rotatable bonds is 5. The van der Waals surface area contributed by atoms with Gasteiger partial charge in [0.05, 0.1) is 16.7 Å². The topological polar surface area (TPSA) is 47.5 Å². The van der Waals surface area contributed by atoms with Gasteiger partial charge in [-0.3, -0.25) is 4.40 Å². The number of imidazole rings is 1. The van der Waals surface area contributed by atoms with Crippen molar-refractivity contribution in [3.63, 3.8) is 0 Å². The Balaban J connectivity index is 1.07. The van der Waals surface area contributed by atoms with Gasteiger partial charge in [-0.2, -0.15) is 0 Å². The van der Waals surface area contributed by atoms with Crippen LogP contribution in [-0.4, -0.2) is 24.0 Å². The lowest BCUT2D eigenvalue weighted by Crippen LogP contribution is -1.93. The summed E-state index contributed by atoms with van der Waals surface area (Å²) < 4.78 is 4.21. The molecule has 0 radical (unpaired) electrons. The van der Waals surface area contributed by atoms with Crippen LogP contribution in [0.3, 0.4) is 0 Å². The fourth-order valence-corrected chi connectivity index (χ4v) is 7.03. The number of nitrogens with zero attached hydrogens (tertiary/aromatic N) is 5. The van der Waals surface area contributed by atoms with E-state index in [-0.39, 0.29) is 0 Å². The molecule has 0 N–H and O–H groups in total. The van der Waals surface area contributed by atoms with E-state index in [1.54, 1.807) is 0 Å². The van der Waals surface area contributed by atoms with Crippen LogP contribution in [0.2, 0.25) is 0 Å². The molecule has 224 valence electrons. The molecular formula is C43H27N5. The molecule has 0 aliphatic carbocycles. The first-order valence-electron chi connectivity index (χ1n) is 16.1. The molecule has 5 heterocycles. The van der Waals surface area contributed by atoms with Crippen LogP contribution >= 0.6 is 0 Å². The molecule has 0 amide bonds. The maximum Gasteiger partial charge on any atom is 0.182 e. The Morgan fingerprint density at radius 1 is 0.438 bits per heavy atom. The molecular weight excluding hydrogens is 587 g/mol. The Hall–Kier alpha value is -6.59. The van der Waals surface area contributed by atoms with Gasteiger partial charge in [-0.25, -0.2) is 14.5 Å². The van der Waals surface area contributed by atoms with E-state index in [9.17, 15) is 0 Å². The number of hydrogen-bond donors (Lipinski definition) is 0. The van der Waals surface area contributed by atoms with Gasteiger partial charge in [0.1, 0.15) is 5.65 Å². The molecule has 0 aliphatic heterocycles. The zero-order chi connectivity index (χ0) is 31.6. The van der Waals surface area contributed by atoms with Gasteiger partial charge in [-0.1, -0.05) is 133 Å². The highest BCUT2D eigenvalue weighted by Crippen LogP contribution is 2.39. The number of benzene rings is 5. The quantitative estimate of drug-likeness (QED) is 0.194. The Labute approximate surface area is 276 Å². The fraction of sp³-hybridized carbons (Fsp3) is 0. The Bertz CT molecular complexity index is 2740. The molecule has 0 spiro atoms. The van der Waals surface area contributed by atoms with Crippen LogP contribution in [0.5, 0.6) is 0 Å². The number of fused-ring (bicyclic) bond motifs is 4. The summed E-state index contributed by atoms with van der Waals surface area (Å²) in [6.45, 7) is 0. The molecule has 5 aromatic carbocycles. The van der Waals surface area contributed by atoms with Gasteiger partial charge in [0.25, 0.3) is 0 Å². The minimum absolute atomic E-state index is 0.697. The van der Waals surface area contributed by atoms with Gasteiger partial charge in [0.15, 0.2) is 11.5 Å². The van der Waals surface area contributed by atoms with Crippen LogP contribution in [-0.2, 0) is 0 Å². The highest BCUT2D eigenvalue weighted by atomic mass is 15.3. The number of hydrogen-bond acceptors (Lipinski definition) is 3. The minimum atomic E-state index is 0.697. The third-order valence-corrected chi connectivity index (χ3v) is 9.34. The fourth-order valence-electron chi connectivity index (χ4n) is 7.03. The molecule has 0 unspecified atom stereocenters. The maximum atomic E-state index is 5.06. The average molecular weight is 614 g/mol. The summed E-state index contributed by atoms with van der Waals surface area (Å²) in [6, 6.07) is 55.2. The lowest BCUT2D eigenvalue weighted by Gasteiger charge is -2.08. The normalized spacial score (nSPS) is 11.8. The van der Waals surface area contributed by atoms with Crippen molar-refractivity contribution in [3.8, 4) is 56.0 Å². The lowest BCUT2D eigenvalue weighted by atomic mass is 10.00. The van der Waals surface area contributed by atoms with Gasteiger partial charge in [-0.15, -0.1) is 5.10 Å². The van der Waals surface area contributed by atoms with Crippen LogP contribution in [0, 0.1) is 0 Å². The highest BCUT2D eigenvalue weighted by Gasteiger charge is 2.19. The predicted molar refractivity (Wildman–Crippen MR) is 195 cm³/mol. The molecule has 5 heteroatoms. The average Bonchev–Trinajstić information content (AvgIpc) is 3.87. The first-order valence-corrected chi connectivity index (χ1v) is 16.1. The molecule has 5 aromatic heterocycles. The van der Waals surface area contributed by atoms with Crippen LogP contribution in [0.15, 0.2) is 164 Å². The Morgan fingerprint density at radius 2 is 1.08 bits per heavy atom. The smallest absolute Gasteiger partial charge is 0.182 e. The van der Waals surface area contributed by atoms with Gasteiger partial charge < -0.3 is 0 Å². The highest BCUT2D eigenvalue weighted by molar-refractivity contribution is 6.14. The Kier molecular flexibility index (Phi) is 5.81. The van der Waals surface area contributed by atoms with E-state index in [0.29, 0.717) is 5.82 Å². The van der Waals surface area contributed by atoms with Gasteiger partial charge in [-0.05, 0) is 46.5 Å². The summed E-state index contributed by atoms with van der Waals surface area (Å²) in [7, 11) is 0. The summed E-state index contributed by atoms with van der Waals surface area (Å²) in [5.41, 5.74) is 13.9. The van der Waals surface area contributed by atoms with Crippen LogP contribution in [0.1, 0.15) is 0 Å². The first-order chi connectivity index (χ1) is 23.8. The van der Waals surface area contributed by atoms with Crippen molar-refractivity contribution >= 4 is 33.1 Å². The number of pyridine rings is 2. The van der Waals surface area contributed by atoms with Crippen LogP contribution < -0.4 is 0 Å². The van der Waals surface area contributed by atoms with Crippen molar-refractivity contribution in [3.05, 3.63) is 164 Å². The largest absolute Gasteiger partial charge is 0.292 e. The molecule has 48 heavy (non-hydrogen) atoms. The van der Waals surface area contributed by atoms with E-state index in [1.807, 2.05) is 22.7 Å². The summed E-state index contributed by atoms with van der Waals surface area (Å²) in [6.07, 6.45) is 2.07. The molecule has 10 aromatic rings.